The minimum atomic E-state index is -1.37. The van der Waals surface area contributed by atoms with Crippen molar-refractivity contribution >= 4 is 23.7 Å². The predicted molar refractivity (Wildman–Crippen MR) is 130 cm³/mol. The van der Waals surface area contributed by atoms with E-state index in [1.165, 1.54) is 4.90 Å². The molecule has 0 radical (unpaired) electrons. The Morgan fingerprint density at radius 1 is 1.03 bits per heavy atom. The molecule has 3 rings (SSSR count). The highest BCUT2D eigenvalue weighted by molar-refractivity contribution is 6.18. The van der Waals surface area contributed by atoms with Gasteiger partial charge in [-0.15, -0.1) is 0 Å². The number of carbonyl (C=O) groups excluding carboxylic acids is 4. The van der Waals surface area contributed by atoms with Crippen molar-refractivity contribution in [1.82, 2.24) is 15.5 Å². The molecule has 3 amide bonds. The summed E-state index contributed by atoms with van der Waals surface area (Å²) in [6.07, 6.45) is 1.51. The van der Waals surface area contributed by atoms with Crippen molar-refractivity contribution in [3.05, 3.63) is 35.9 Å². The smallest absolute Gasteiger partial charge is 0.407 e. The molecule has 2 aliphatic rings. The largest absolute Gasteiger partial charge is 0.444 e. The number of hydrogen-bond donors (Lipinski definition) is 2. The van der Waals surface area contributed by atoms with Crippen LogP contribution in [0.15, 0.2) is 30.3 Å². The molecule has 1 saturated heterocycles. The second kappa shape index (κ2) is 10.8. The first-order valence-corrected chi connectivity index (χ1v) is 12.2. The molecule has 0 bridgehead atoms. The number of hydrogen-bond acceptors (Lipinski definition) is 6. The summed E-state index contributed by atoms with van der Waals surface area (Å²) in [6.45, 7) is 7.82. The topological polar surface area (TPSA) is 114 Å². The maximum Gasteiger partial charge on any atom is 0.407 e. The minimum Gasteiger partial charge on any atom is -0.444 e. The predicted octanol–water partition coefficient (Wildman–Crippen LogP) is 3.35. The molecular weight excluding hydrogens is 450 g/mol. The van der Waals surface area contributed by atoms with E-state index in [-0.39, 0.29) is 37.6 Å². The Kier molecular flexibility index (Phi) is 8.20. The summed E-state index contributed by atoms with van der Waals surface area (Å²) in [5.41, 5.74) is -2.09. The summed E-state index contributed by atoms with van der Waals surface area (Å²) in [4.78, 5) is 52.7. The van der Waals surface area contributed by atoms with Crippen LogP contribution in [0.4, 0.5) is 9.59 Å². The molecule has 0 unspecified atom stereocenters. The Morgan fingerprint density at radius 2 is 1.69 bits per heavy atom. The van der Waals surface area contributed by atoms with Gasteiger partial charge in [-0.25, -0.2) is 9.59 Å². The summed E-state index contributed by atoms with van der Waals surface area (Å²) in [7, 11) is 0. The van der Waals surface area contributed by atoms with E-state index in [9.17, 15) is 19.2 Å². The molecule has 1 atom stereocenters. The first-order valence-electron chi connectivity index (χ1n) is 12.2. The van der Waals surface area contributed by atoms with E-state index in [4.69, 9.17) is 9.47 Å². The number of carbonyl (C=O) groups is 4. The third-order valence-corrected chi connectivity index (χ3v) is 6.34. The summed E-state index contributed by atoms with van der Waals surface area (Å²) >= 11 is 0. The number of Topliss-reactive ketones (excluding diaryl/α,β-unsaturated/α-hetero) is 2. The monoisotopic (exact) mass is 487 g/mol. The van der Waals surface area contributed by atoms with E-state index < -0.39 is 28.8 Å². The van der Waals surface area contributed by atoms with E-state index in [0.29, 0.717) is 26.0 Å². The standard InChI is InChI=1S/C26H37N3O6/c1-24(2,3)35-23(33)27-17-25(4,18-34-16-19-10-6-5-7-11-19)28-22(32)29-15-9-8-14-26(29)20(30)12-13-21(26)31/h5-7,10-11H,8-9,12-18H2,1-4H3,(H,27,33)(H,28,32)/t25-/m1/s1. The van der Waals surface area contributed by atoms with Crippen LogP contribution in [0.25, 0.3) is 0 Å². The van der Waals surface area contributed by atoms with Gasteiger partial charge in [0.05, 0.1) is 18.8 Å². The van der Waals surface area contributed by atoms with Crippen LogP contribution < -0.4 is 10.6 Å². The van der Waals surface area contributed by atoms with Gasteiger partial charge in [0.25, 0.3) is 0 Å². The van der Waals surface area contributed by atoms with Crippen molar-refractivity contribution in [2.24, 2.45) is 0 Å². The van der Waals surface area contributed by atoms with Crippen molar-refractivity contribution in [2.45, 2.75) is 83.1 Å². The van der Waals surface area contributed by atoms with Crippen molar-refractivity contribution in [3.63, 3.8) is 0 Å². The Labute approximate surface area is 206 Å². The second-order valence-electron chi connectivity index (χ2n) is 10.6. The first kappa shape index (κ1) is 26.7. The number of amides is 3. The SMILES string of the molecule is CC(C)(C)OC(=O)NC[C@](C)(COCc1ccccc1)NC(=O)N1CCCCC12C(=O)CCC2=O. The number of ether oxygens (including phenoxy) is 2. The van der Waals surface area contributed by atoms with Gasteiger partial charge in [-0.05, 0) is 52.5 Å². The summed E-state index contributed by atoms with van der Waals surface area (Å²) in [6, 6.07) is 9.10. The minimum absolute atomic E-state index is 0.0329. The number of benzene rings is 1. The van der Waals surface area contributed by atoms with E-state index in [2.05, 4.69) is 10.6 Å². The van der Waals surface area contributed by atoms with Crippen molar-refractivity contribution < 1.29 is 28.7 Å². The van der Waals surface area contributed by atoms with E-state index in [0.717, 1.165) is 12.0 Å². The second-order valence-corrected chi connectivity index (χ2v) is 10.6. The Morgan fingerprint density at radius 3 is 2.31 bits per heavy atom. The maximum absolute atomic E-state index is 13.5. The lowest BCUT2D eigenvalue weighted by molar-refractivity contribution is -0.138. The lowest BCUT2D eigenvalue weighted by Crippen LogP contribution is -2.67. The van der Waals surface area contributed by atoms with Gasteiger partial charge in [0.2, 0.25) is 0 Å². The number of piperidine rings is 1. The molecule has 1 aliphatic heterocycles. The van der Waals surface area contributed by atoms with Crippen LogP contribution in [-0.2, 0) is 25.7 Å². The van der Waals surface area contributed by atoms with E-state index in [1.807, 2.05) is 30.3 Å². The van der Waals surface area contributed by atoms with Crippen LogP contribution in [0.2, 0.25) is 0 Å². The van der Waals surface area contributed by atoms with Crippen LogP contribution in [0.3, 0.4) is 0 Å². The van der Waals surface area contributed by atoms with Gasteiger partial charge in [0.1, 0.15) is 5.60 Å². The van der Waals surface area contributed by atoms with Crippen LogP contribution in [0.5, 0.6) is 0 Å². The van der Waals surface area contributed by atoms with E-state index in [1.54, 1.807) is 27.7 Å². The Bertz CT molecular complexity index is 926. The molecule has 2 fully saturated rings. The molecule has 0 aromatic heterocycles. The van der Waals surface area contributed by atoms with Gasteiger partial charge >= 0.3 is 12.1 Å². The summed E-state index contributed by atoms with van der Waals surface area (Å²) in [5.74, 6) is -0.377. The lowest BCUT2D eigenvalue weighted by Gasteiger charge is -2.44. The van der Waals surface area contributed by atoms with Crippen LogP contribution in [-0.4, -0.2) is 65.0 Å². The number of urea groups is 1. The van der Waals surface area contributed by atoms with Gasteiger partial charge in [0.15, 0.2) is 17.1 Å². The van der Waals surface area contributed by atoms with Gasteiger partial charge in [-0.1, -0.05) is 30.3 Å². The summed E-state index contributed by atoms with van der Waals surface area (Å²) < 4.78 is 11.2. The average molecular weight is 488 g/mol. The summed E-state index contributed by atoms with van der Waals surface area (Å²) in [5, 5.41) is 5.65. The number of ketones is 2. The molecule has 192 valence electrons. The molecule has 9 nitrogen and oxygen atoms in total. The third-order valence-electron chi connectivity index (χ3n) is 6.34. The molecule has 1 aromatic carbocycles. The van der Waals surface area contributed by atoms with Crippen LogP contribution in [0, 0.1) is 0 Å². The highest BCUT2D eigenvalue weighted by Crippen LogP contribution is 2.37. The highest BCUT2D eigenvalue weighted by Gasteiger charge is 2.56. The average Bonchev–Trinajstić information content (AvgIpc) is 3.06. The zero-order valence-corrected chi connectivity index (χ0v) is 21.1. The molecule has 1 aromatic rings. The van der Waals surface area contributed by atoms with Gasteiger partial charge in [-0.3, -0.25) is 9.59 Å². The van der Waals surface area contributed by atoms with Crippen LogP contribution >= 0.6 is 0 Å². The van der Waals surface area contributed by atoms with Gasteiger partial charge in [-0.2, -0.15) is 0 Å². The zero-order valence-electron chi connectivity index (χ0n) is 21.1. The molecule has 1 saturated carbocycles. The molecule has 1 spiro atoms. The number of rotatable bonds is 7. The van der Waals surface area contributed by atoms with Crippen molar-refractivity contribution in [2.75, 3.05) is 19.7 Å². The van der Waals surface area contributed by atoms with Gasteiger partial charge in [0, 0.05) is 25.9 Å². The van der Waals surface area contributed by atoms with Crippen molar-refractivity contribution in [1.29, 1.82) is 0 Å². The zero-order chi connectivity index (χ0) is 25.7. The van der Waals surface area contributed by atoms with E-state index >= 15 is 0 Å². The molecule has 9 heteroatoms. The first-order chi connectivity index (χ1) is 16.5. The van der Waals surface area contributed by atoms with Crippen LogP contribution in [0.1, 0.15) is 65.4 Å². The number of nitrogens with zero attached hydrogens (tertiary/aromatic N) is 1. The molecule has 35 heavy (non-hydrogen) atoms. The fourth-order valence-corrected chi connectivity index (χ4v) is 4.63. The maximum atomic E-state index is 13.5. The Balaban J connectivity index is 1.73. The van der Waals surface area contributed by atoms with Crippen molar-refractivity contribution in [3.8, 4) is 0 Å². The fraction of sp³-hybridized carbons (Fsp3) is 0.615. The highest BCUT2D eigenvalue weighted by atomic mass is 16.6. The normalized spacial score (nSPS) is 19.4. The number of alkyl carbamates (subject to hydrolysis) is 1. The fourth-order valence-electron chi connectivity index (χ4n) is 4.63. The Hall–Kier alpha value is -2.94. The number of likely N-dealkylation sites (tertiary alicyclic amines) is 1. The van der Waals surface area contributed by atoms with Gasteiger partial charge < -0.3 is 25.0 Å². The number of nitrogens with one attached hydrogen (secondary N) is 2. The quantitative estimate of drug-likeness (QED) is 0.570. The third kappa shape index (κ3) is 6.60. The molecule has 1 heterocycles. The lowest BCUT2D eigenvalue weighted by atomic mass is 9.83. The molecule has 2 N–H and O–H groups in total. The molecular formula is C26H37N3O6. The molecule has 1 aliphatic carbocycles.